The van der Waals surface area contributed by atoms with E-state index in [1.165, 1.54) is 12.1 Å². The van der Waals surface area contributed by atoms with E-state index in [0.29, 0.717) is 22.4 Å². The molecule has 0 atom stereocenters. The van der Waals surface area contributed by atoms with Crippen LogP contribution in [0.4, 0.5) is 0 Å². The summed E-state index contributed by atoms with van der Waals surface area (Å²) in [7, 11) is -4.05. The average molecular weight is 437 g/mol. The number of para-hydroxylation sites is 2. The highest BCUT2D eigenvalue weighted by Crippen LogP contribution is 2.21. The van der Waals surface area contributed by atoms with Crippen LogP contribution in [-0.2, 0) is 16.6 Å². The van der Waals surface area contributed by atoms with Gasteiger partial charge in [0.25, 0.3) is 10.0 Å². The molecule has 1 amide bonds. The number of sulfonamides is 1. The molecule has 0 aliphatic carbocycles. The number of furan rings is 1. The van der Waals surface area contributed by atoms with Crippen LogP contribution in [0.5, 0.6) is 5.75 Å². The van der Waals surface area contributed by atoms with Crippen molar-refractivity contribution < 1.29 is 22.4 Å². The SMILES string of the molecule is Cc1cnc2c(S(=O)(=O)NNC(=O)c3ccc(COc4ccccc4)o3)cccc2c1. The fraction of sp³-hybridized carbons (Fsp3) is 0.0909. The van der Waals surface area contributed by atoms with Gasteiger partial charge in [-0.3, -0.25) is 15.2 Å². The van der Waals surface area contributed by atoms with Gasteiger partial charge >= 0.3 is 5.91 Å². The van der Waals surface area contributed by atoms with Crippen LogP contribution < -0.4 is 15.0 Å². The highest BCUT2D eigenvalue weighted by atomic mass is 32.2. The third kappa shape index (κ3) is 4.73. The number of ether oxygens (including phenoxy) is 1. The molecular formula is C22H19N3O5S. The number of aryl methyl sites for hydroxylation is 1. The van der Waals surface area contributed by atoms with Gasteiger partial charge in [-0.2, -0.15) is 0 Å². The van der Waals surface area contributed by atoms with Gasteiger partial charge in [-0.25, -0.2) is 8.42 Å². The van der Waals surface area contributed by atoms with Crippen LogP contribution in [0, 0.1) is 6.92 Å². The molecule has 0 saturated carbocycles. The Hall–Kier alpha value is -3.69. The van der Waals surface area contributed by atoms with E-state index < -0.39 is 15.9 Å². The molecule has 0 bridgehead atoms. The molecule has 4 aromatic rings. The van der Waals surface area contributed by atoms with E-state index in [9.17, 15) is 13.2 Å². The van der Waals surface area contributed by atoms with Crippen LogP contribution in [0.3, 0.4) is 0 Å². The van der Waals surface area contributed by atoms with Crippen molar-refractivity contribution in [2.24, 2.45) is 0 Å². The molecule has 2 heterocycles. The first-order valence-corrected chi connectivity index (χ1v) is 10.8. The maximum Gasteiger partial charge on any atom is 0.301 e. The molecule has 2 aromatic heterocycles. The summed E-state index contributed by atoms with van der Waals surface area (Å²) in [6.07, 6.45) is 1.59. The number of aromatic nitrogens is 1. The summed E-state index contributed by atoms with van der Waals surface area (Å²) in [4.78, 5) is 18.6. The molecule has 0 spiro atoms. The minimum absolute atomic E-state index is 0.0401. The van der Waals surface area contributed by atoms with Crippen LogP contribution >= 0.6 is 0 Å². The molecular weight excluding hydrogens is 418 g/mol. The van der Waals surface area contributed by atoms with Crippen LogP contribution in [0.2, 0.25) is 0 Å². The fourth-order valence-corrected chi connectivity index (χ4v) is 3.96. The lowest BCUT2D eigenvalue weighted by molar-refractivity contribution is 0.0913. The molecule has 2 aromatic carbocycles. The Kier molecular flexibility index (Phi) is 5.70. The number of hydrogen-bond acceptors (Lipinski definition) is 6. The van der Waals surface area contributed by atoms with Crippen LogP contribution in [-0.4, -0.2) is 19.3 Å². The summed E-state index contributed by atoms with van der Waals surface area (Å²) in [5.41, 5.74) is 3.39. The Morgan fingerprint density at radius 3 is 2.68 bits per heavy atom. The lowest BCUT2D eigenvalue weighted by atomic mass is 10.2. The summed E-state index contributed by atoms with van der Waals surface area (Å²) in [5.74, 6) is 0.293. The predicted octanol–water partition coefficient (Wildman–Crippen LogP) is 3.34. The first-order valence-electron chi connectivity index (χ1n) is 9.36. The minimum Gasteiger partial charge on any atom is -0.486 e. The maximum absolute atomic E-state index is 12.7. The topological polar surface area (TPSA) is 111 Å². The third-order valence-electron chi connectivity index (χ3n) is 4.41. The van der Waals surface area contributed by atoms with Gasteiger partial charge in [0.1, 0.15) is 23.0 Å². The molecule has 0 unspecified atom stereocenters. The average Bonchev–Trinajstić information content (AvgIpc) is 3.25. The number of carbonyl (C=O) groups excluding carboxylic acids is 1. The second kappa shape index (κ2) is 8.58. The molecule has 0 radical (unpaired) electrons. The minimum atomic E-state index is -4.05. The summed E-state index contributed by atoms with van der Waals surface area (Å²) in [6, 6.07) is 18.8. The monoisotopic (exact) mass is 437 g/mol. The van der Waals surface area contributed by atoms with Gasteiger partial charge in [0.15, 0.2) is 5.76 Å². The number of hydrogen-bond donors (Lipinski definition) is 2. The molecule has 9 heteroatoms. The van der Waals surface area contributed by atoms with E-state index in [1.807, 2.05) is 31.2 Å². The van der Waals surface area contributed by atoms with Crippen molar-refractivity contribution in [2.45, 2.75) is 18.4 Å². The molecule has 8 nitrogen and oxygen atoms in total. The summed E-state index contributed by atoms with van der Waals surface area (Å²) in [5, 5.41) is 0.684. The molecule has 0 aliphatic rings. The van der Waals surface area contributed by atoms with Crippen molar-refractivity contribution in [3.8, 4) is 5.75 Å². The van der Waals surface area contributed by atoms with E-state index in [4.69, 9.17) is 9.15 Å². The van der Waals surface area contributed by atoms with Crippen molar-refractivity contribution >= 4 is 26.8 Å². The fourth-order valence-electron chi connectivity index (χ4n) is 2.94. The second-order valence-electron chi connectivity index (χ2n) is 6.77. The van der Waals surface area contributed by atoms with Crippen molar-refractivity contribution in [3.05, 3.63) is 90.0 Å². The van der Waals surface area contributed by atoms with Gasteiger partial charge in [0, 0.05) is 11.6 Å². The third-order valence-corrected chi connectivity index (χ3v) is 5.69. The van der Waals surface area contributed by atoms with Crippen molar-refractivity contribution in [1.29, 1.82) is 0 Å². The van der Waals surface area contributed by atoms with E-state index in [1.54, 1.807) is 36.5 Å². The normalized spacial score (nSPS) is 11.4. The first-order chi connectivity index (χ1) is 14.9. The molecule has 2 N–H and O–H groups in total. The molecule has 158 valence electrons. The summed E-state index contributed by atoms with van der Waals surface area (Å²) in [6.45, 7) is 2.00. The Labute approximate surface area is 178 Å². The number of carbonyl (C=O) groups is 1. The predicted molar refractivity (Wildman–Crippen MR) is 114 cm³/mol. The smallest absolute Gasteiger partial charge is 0.301 e. The Balaban J connectivity index is 1.42. The number of amides is 1. The summed E-state index contributed by atoms with van der Waals surface area (Å²) >= 11 is 0. The molecule has 4 rings (SSSR count). The number of rotatable bonds is 7. The zero-order chi connectivity index (χ0) is 21.8. The van der Waals surface area contributed by atoms with Crippen LogP contribution in [0.25, 0.3) is 10.9 Å². The van der Waals surface area contributed by atoms with Crippen LogP contribution in [0.15, 0.2) is 82.2 Å². The first kappa shape index (κ1) is 20.6. The summed E-state index contributed by atoms with van der Waals surface area (Å²) < 4.78 is 36.4. The maximum atomic E-state index is 12.7. The number of pyridine rings is 1. The molecule has 0 fully saturated rings. The van der Waals surface area contributed by atoms with E-state index in [-0.39, 0.29) is 17.3 Å². The van der Waals surface area contributed by atoms with Gasteiger partial charge in [-0.05, 0) is 48.9 Å². The standard InChI is InChI=1S/C22H19N3O5S/c1-15-12-16-6-5-9-20(21(16)23-13-15)31(27,28)25-24-22(26)19-11-10-18(30-19)14-29-17-7-3-2-4-8-17/h2-13,25H,14H2,1H3,(H,24,26). The second-order valence-corrected chi connectivity index (χ2v) is 8.42. The Morgan fingerprint density at radius 2 is 1.87 bits per heavy atom. The van der Waals surface area contributed by atoms with Crippen molar-refractivity contribution in [2.75, 3.05) is 0 Å². The highest BCUT2D eigenvalue weighted by Gasteiger charge is 2.20. The lowest BCUT2D eigenvalue weighted by Gasteiger charge is -2.10. The van der Waals surface area contributed by atoms with Gasteiger partial charge in [-0.15, -0.1) is 4.83 Å². The van der Waals surface area contributed by atoms with Gasteiger partial charge in [0.05, 0.1) is 5.52 Å². The van der Waals surface area contributed by atoms with E-state index in [0.717, 1.165) is 5.56 Å². The molecule has 0 saturated heterocycles. The van der Waals surface area contributed by atoms with E-state index in [2.05, 4.69) is 15.2 Å². The van der Waals surface area contributed by atoms with Crippen molar-refractivity contribution in [3.63, 3.8) is 0 Å². The number of nitrogens with one attached hydrogen (secondary N) is 2. The Morgan fingerprint density at radius 1 is 1.06 bits per heavy atom. The van der Waals surface area contributed by atoms with Gasteiger partial charge in [-0.1, -0.05) is 30.3 Å². The van der Waals surface area contributed by atoms with E-state index >= 15 is 0 Å². The number of benzene rings is 2. The van der Waals surface area contributed by atoms with Crippen LogP contribution in [0.1, 0.15) is 21.9 Å². The lowest BCUT2D eigenvalue weighted by Crippen LogP contribution is -2.41. The number of fused-ring (bicyclic) bond motifs is 1. The zero-order valence-electron chi connectivity index (χ0n) is 16.5. The number of nitrogens with zero attached hydrogens (tertiary/aromatic N) is 1. The van der Waals surface area contributed by atoms with Gasteiger partial charge in [0.2, 0.25) is 0 Å². The van der Waals surface area contributed by atoms with Gasteiger partial charge < -0.3 is 9.15 Å². The molecule has 31 heavy (non-hydrogen) atoms. The quantitative estimate of drug-likeness (QED) is 0.429. The highest BCUT2D eigenvalue weighted by molar-refractivity contribution is 7.89. The Bertz CT molecular complexity index is 1330. The molecule has 0 aliphatic heterocycles. The largest absolute Gasteiger partial charge is 0.486 e. The number of hydrazine groups is 1. The van der Waals surface area contributed by atoms with Crippen molar-refractivity contribution in [1.82, 2.24) is 15.2 Å². The zero-order valence-corrected chi connectivity index (χ0v) is 17.3.